The summed E-state index contributed by atoms with van der Waals surface area (Å²) in [6, 6.07) is 3.46. The Balaban J connectivity index is 1.94. The van der Waals surface area contributed by atoms with Crippen LogP contribution in [0.2, 0.25) is 0 Å². The molecule has 19 heavy (non-hydrogen) atoms. The van der Waals surface area contributed by atoms with E-state index in [4.69, 9.17) is 0 Å². The first kappa shape index (κ1) is 14.3. The van der Waals surface area contributed by atoms with Gasteiger partial charge in [0, 0.05) is 30.9 Å². The molecule has 1 N–H and O–H groups in total. The van der Waals surface area contributed by atoms with E-state index in [-0.39, 0.29) is 0 Å². The van der Waals surface area contributed by atoms with Crippen molar-refractivity contribution in [1.82, 2.24) is 15.3 Å². The predicted molar refractivity (Wildman–Crippen MR) is 79.5 cm³/mol. The normalized spacial score (nSPS) is 23.3. The molecule has 1 heterocycles. The van der Waals surface area contributed by atoms with Crippen molar-refractivity contribution in [3.8, 4) is 0 Å². The summed E-state index contributed by atoms with van der Waals surface area (Å²) in [7, 11) is 2.17. The first-order valence-electron chi connectivity index (χ1n) is 7.51. The average Bonchev–Trinajstić information content (AvgIpc) is 2.48. The minimum Gasteiger partial charge on any atom is -0.357 e. The summed E-state index contributed by atoms with van der Waals surface area (Å²) in [5.41, 5.74) is 1.12. The highest BCUT2D eigenvalue weighted by molar-refractivity contribution is 5.39. The Kier molecular flexibility index (Phi) is 5.14. The van der Waals surface area contributed by atoms with Gasteiger partial charge in [-0.25, -0.2) is 9.97 Å². The van der Waals surface area contributed by atoms with E-state index in [1.165, 1.54) is 25.7 Å². The molecular formula is C15H26N4. The Morgan fingerprint density at radius 3 is 2.58 bits per heavy atom. The maximum absolute atomic E-state index is 4.42. The zero-order chi connectivity index (χ0) is 13.7. The van der Waals surface area contributed by atoms with Gasteiger partial charge in [-0.1, -0.05) is 13.8 Å². The lowest BCUT2D eigenvalue weighted by atomic mass is 9.90. The van der Waals surface area contributed by atoms with Gasteiger partial charge in [0.1, 0.15) is 12.1 Å². The fourth-order valence-electron chi connectivity index (χ4n) is 2.91. The lowest BCUT2D eigenvalue weighted by Gasteiger charge is -2.35. The molecule has 1 aromatic rings. The Labute approximate surface area is 116 Å². The van der Waals surface area contributed by atoms with Gasteiger partial charge in [-0.2, -0.15) is 0 Å². The van der Waals surface area contributed by atoms with Crippen LogP contribution < -0.4 is 10.2 Å². The highest BCUT2D eigenvalue weighted by atomic mass is 15.2. The van der Waals surface area contributed by atoms with Gasteiger partial charge >= 0.3 is 0 Å². The molecule has 1 aromatic heterocycles. The molecule has 0 radical (unpaired) electrons. The van der Waals surface area contributed by atoms with E-state index >= 15 is 0 Å². The monoisotopic (exact) mass is 262 g/mol. The molecule has 0 aliphatic heterocycles. The summed E-state index contributed by atoms with van der Waals surface area (Å²) >= 11 is 0. The summed E-state index contributed by atoms with van der Waals surface area (Å²) in [6.45, 7) is 5.40. The molecule has 0 amide bonds. The maximum atomic E-state index is 4.42. The van der Waals surface area contributed by atoms with E-state index in [1.54, 1.807) is 6.33 Å². The third kappa shape index (κ3) is 3.66. The average molecular weight is 262 g/mol. The molecule has 2 rings (SSSR count). The molecule has 0 saturated heterocycles. The Morgan fingerprint density at radius 2 is 1.95 bits per heavy atom. The fraction of sp³-hybridized carbons (Fsp3) is 0.733. The first-order valence-corrected chi connectivity index (χ1v) is 7.51. The third-order valence-electron chi connectivity index (χ3n) is 4.17. The topological polar surface area (TPSA) is 41.0 Å². The number of hydrogen-bond acceptors (Lipinski definition) is 4. The smallest absolute Gasteiger partial charge is 0.132 e. The molecule has 0 aromatic carbocycles. The number of rotatable bonds is 5. The standard InChI is InChI=1S/C15H26N4/c1-4-12-10-15(18-11-17-12)19(3)14-8-6-13(7-9-14)16-5-2/h10-11,13-14,16H,4-9H2,1-3H3. The number of anilines is 1. The Hall–Kier alpha value is -1.16. The van der Waals surface area contributed by atoms with Crippen molar-refractivity contribution >= 4 is 5.82 Å². The van der Waals surface area contributed by atoms with E-state index in [0.717, 1.165) is 24.5 Å². The molecule has 0 spiro atoms. The largest absolute Gasteiger partial charge is 0.357 e. The van der Waals surface area contributed by atoms with Gasteiger partial charge in [0.2, 0.25) is 0 Å². The van der Waals surface area contributed by atoms with Crippen molar-refractivity contribution in [3.05, 3.63) is 18.1 Å². The SMILES string of the molecule is CCNC1CCC(N(C)c2cc(CC)ncn2)CC1. The second kappa shape index (κ2) is 6.85. The predicted octanol–water partition coefficient (Wildman–Crippen LogP) is 2.40. The van der Waals surface area contributed by atoms with Crippen LogP contribution in [0.25, 0.3) is 0 Å². The molecule has 4 nitrogen and oxygen atoms in total. The van der Waals surface area contributed by atoms with Crippen LogP contribution in [0.3, 0.4) is 0 Å². The van der Waals surface area contributed by atoms with Crippen LogP contribution in [-0.4, -0.2) is 35.6 Å². The second-order valence-electron chi connectivity index (χ2n) is 5.40. The van der Waals surface area contributed by atoms with Crippen LogP contribution in [0.4, 0.5) is 5.82 Å². The quantitative estimate of drug-likeness (QED) is 0.884. The number of nitrogens with zero attached hydrogens (tertiary/aromatic N) is 3. The van der Waals surface area contributed by atoms with Crippen LogP contribution in [0.5, 0.6) is 0 Å². The van der Waals surface area contributed by atoms with Gasteiger partial charge in [-0.05, 0) is 38.6 Å². The molecular weight excluding hydrogens is 236 g/mol. The van der Waals surface area contributed by atoms with Gasteiger partial charge in [0.05, 0.1) is 0 Å². The highest BCUT2D eigenvalue weighted by Gasteiger charge is 2.24. The number of nitrogens with one attached hydrogen (secondary N) is 1. The van der Waals surface area contributed by atoms with E-state index in [2.05, 4.69) is 47.1 Å². The maximum Gasteiger partial charge on any atom is 0.132 e. The Bertz CT molecular complexity index is 385. The molecule has 0 atom stereocenters. The van der Waals surface area contributed by atoms with Gasteiger partial charge in [0.25, 0.3) is 0 Å². The van der Waals surface area contributed by atoms with Crippen LogP contribution in [0.15, 0.2) is 12.4 Å². The molecule has 1 saturated carbocycles. The summed E-state index contributed by atoms with van der Waals surface area (Å²) in [4.78, 5) is 11.0. The molecule has 1 fully saturated rings. The highest BCUT2D eigenvalue weighted by Crippen LogP contribution is 2.25. The summed E-state index contributed by atoms with van der Waals surface area (Å²) in [5.74, 6) is 1.07. The van der Waals surface area contributed by atoms with Crippen molar-refractivity contribution < 1.29 is 0 Å². The third-order valence-corrected chi connectivity index (χ3v) is 4.17. The van der Waals surface area contributed by atoms with Crippen molar-refractivity contribution in [1.29, 1.82) is 0 Å². The van der Waals surface area contributed by atoms with Crippen molar-refractivity contribution in [3.63, 3.8) is 0 Å². The minimum absolute atomic E-state index is 0.620. The van der Waals surface area contributed by atoms with Gasteiger partial charge in [-0.15, -0.1) is 0 Å². The number of hydrogen-bond donors (Lipinski definition) is 1. The van der Waals surface area contributed by atoms with Crippen LogP contribution in [0.1, 0.15) is 45.2 Å². The van der Waals surface area contributed by atoms with Crippen LogP contribution in [0, 0.1) is 0 Å². The first-order chi connectivity index (χ1) is 9.24. The van der Waals surface area contributed by atoms with Crippen LogP contribution >= 0.6 is 0 Å². The van der Waals surface area contributed by atoms with E-state index in [0.29, 0.717) is 12.1 Å². The van der Waals surface area contributed by atoms with Crippen molar-refractivity contribution in [2.45, 2.75) is 58.0 Å². The Morgan fingerprint density at radius 1 is 1.21 bits per heavy atom. The zero-order valence-corrected chi connectivity index (χ0v) is 12.4. The summed E-state index contributed by atoms with van der Waals surface area (Å²) < 4.78 is 0. The minimum atomic E-state index is 0.620. The zero-order valence-electron chi connectivity index (χ0n) is 12.4. The van der Waals surface area contributed by atoms with Crippen molar-refractivity contribution in [2.75, 3.05) is 18.5 Å². The van der Waals surface area contributed by atoms with Crippen molar-refractivity contribution in [2.24, 2.45) is 0 Å². The van der Waals surface area contributed by atoms with E-state index in [9.17, 15) is 0 Å². The molecule has 0 unspecified atom stereocenters. The summed E-state index contributed by atoms with van der Waals surface area (Å²) in [6.07, 6.45) is 7.70. The molecule has 106 valence electrons. The number of aryl methyl sites for hydroxylation is 1. The second-order valence-corrected chi connectivity index (χ2v) is 5.40. The van der Waals surface area contributed by atoms with Crippen LogP contribution in [-0.2, 0) is 6.42 Å². The van der Waals surface area contributed by atoms with E-state index < -0.39 is 0 Å². The molecule has 0 bridgehead atoms. The molecule has 4 heteroatoms. The summed E-state index contributed by atoms with van der Waals surface area (Å²) in [5, 5.41) is 3.56. The van der Waals surface area contributed by atoms with E-state index in [1.807, 2.05) is 0 Å². The fourth-order valence-corrected chi connectivity index (χ4v) is 2.91. The molecule has 1 aliphatic carbocycles. The van der Waals surface area contributed by atoms with Gasteiger partial charge in [-0.3, -0.25) is 0 Å². The van der Waals surface area contributed by atoms with Gasteiger partial charge < -0.3 is 10.2 Å². The molecule has 1 aliphatic rings. The van der Waals surface area contributed by atoms with Gasteiger partial charge in [0.15, 0.2) is 0 Å². The lowest BCUT2D eigenvalue weighted by molar-refractivity contribution is 0.340. The number of aromatic nitrogens is 2. The lowest BCUT2D eigenvalue weighted by Crippen LogP contribution is -2.41.